The Balaban J connectivity index is 2.05. The van der Waals surface area contributed by atoms with Crippen molar-refractivity contribution in [3.63, 3.8) is 0 Å². The molecule has 2 aromatic heterocycles. The molecule has 0 aliphatic heterocycles. The summed E-state index contributed by atoms with van der Waals surface area (Å²) >= 11 is 0. The average molecular weight is 192 g/mol. The minimum Gasteiger partial charge on any atom is -0.385 e. The van der Waals surface area contributed by atoms with Crippen LogP contribution >= 0.6 is 0 Å². The van der Waals surface area contributed by atoms with Crippen LogP contribution < -0.4 is 0 Å². The average Bonchev–Trinajstić information content (AvgIpc) is 2.75. The Labute approximate surface area is 81.4 Å². The van der Waals surface area contributed by atoms with Gasteiger partial charge in [-0.1, -0.05) is 0 Å². The number of aromatic amines is 1. The number of aliphatic hydroxyl groups is 1. The second-order valence-electron chi connectivity index (χ2n) is 3.22. The highest BCUT2D eigenvalue weighted by Crippen LogP contribution is 2.13. The van der Waals surface area contributed by atoms with Gasteiger partial charge in [-0.25, -0.2) is 4.98 Å². The molecular formula is C9H12N4O. The number of nitrogens with zero attached hydrogens (tertiary/aromatic N) is 3. The number of hydrogen-bond acceptors (Lipinski definition) is 3. The highest BCUT2D eigenvalue weighted by molar-refractivity contribution is 5.08. The number of imidazole rings is 1. The quantitative estimate of drug-likeness (QED) is 0.740. The van der Waals surface area contributed by atoms with Gasteiger partial charge in [-0.2, -0.15) is 5.10 Å². The first-order valence-electron chi connectivity index (χ1n) is 4.40. The number of aromatic nitrogens is 4. The Morgan fingerprint density at radius 3 is 3.07 bits per heavy atom. The molecule has 1 unspecified atom stereocenters. The van der Waals surface area contributed by atoms with Crippen molar-refractivity contribution in [1.82, 2.24) is 19.7 Å². The fourth-order valence-corrected chi connectivity index (χ4v) is 1.36. The van der Waals surface area contributed by atoms with Crippen LogP contribution in [0, 0.1) is 0 Å². The Morgan fingerprint density at radius 2 is 2.50 bits per heavy atom. The Kier molecular flexibility index (Phi) is 2.32. The first-order valence-corrected chi connectivity index (χ1v) is 4.40. The molecule has 1 atom stereocenters. The molecule has 0 aromatic carbocycles. The maximum atomic E-state index is 9.74. The van der Waals surface area contributed by atoms with Crippen LogP contribution in [0.1, 0.15) is 17.5 Å². The van der Waals surface area contributed by atoms with Crippen LogP contribution in [0.3, 0.4) is 0 Å². The van der Waals surface area contributed by atoms with E-state index in [1.165, 1.54) is 0 Å². The van der Waals surface area contributed by atoms with Gasteiger partial charge in [-0.15, -0.1) is 0 Å². The summed E-state index contributed by atoms with van der Waals surface area (Å²) in [6.45, 7) is 0. The largest absolute Gasteiger partial charge is 0.385 e. The summed E-state index contributed by atoms with van der Waals surface area (Å²) in [5.74, 6) is 0.592. The van der Waals surface area contributed by atoms with Crippen LogP contribution in [-0.2, 0) is 13.5 Å². The molecule has 2 rings (SSSR count). The smallest absolute Gasteiger partial charge is 0.135 e. The van der Waals surface area contributed by atoms with Crippen molar-refractivity contribution in [3.8, 4) is 0 Å². The highest BCUT2D eigenvalue weighted by Gasteiger charge is 2.11. The summed E-state index contributed by atoms with van der Waals surface area (Å²) in [5.41, 5.74) is 0.997. The van der Waals surface area contributed by atoms with Crippen LogP contribution in [0.25, 0.3) is 0 Å². The minimum atomic E-state index is -0.589. The third-order valence-electron chi connectivity index (χ3n) is 2.02. The highest BCUT2D eigenvalue weighted by atomic mass is 16.3. The molecule has 0 bridgehead atoms. The summed E-state index contributed by atoms with van der Waals surface area (Å²) in [4.78, 5) is 6.86. The number of nitrogens with one attached hydrogen (secondary N) is 1. The van der Waals surface area contributed by atoms with E-state index in [-0.39, 0.29) is 0 Å². The summed E-state index contributed by atoms with van der Waals surface area (Å²) in [7, 11) is 1.85. The standard InChI is InChI=1S/C9H12N4O/c1-13-6-7(5-12-13)4-8(14)9-10-2-3-11-9/h2-3,5-6,8,14H,4H2,1H3,(H,10,11). The van der Waals surface area contributed by atoms with E-state index in [1.54, 1.807) is 23.3 Å². The lowest BCUT2D eigenvalue weighted by Gasteiger charge is -2.04. The van der Waals surface area contributed by atoms with Crippen LogP contribution in [0.15, 0.2) is 24.8 Å². The van der Waals surface area contributed by atoms with Gasteiger partial charge < -0.3 is 10.1 Å². The molecule has 2 heterocycles. The number of aliphatic hydroxyl groups excluding tert-OH is 1. The van der Waals surface area contributed by atoms with Crippen LogP contribution in [0.4, 0.5) is 0 Å². The topological polar surface area (TPSA) is 66.7 Å². The number of hydrogen-bond donors (Lipinski definition) is 2. The summed E-state index contributed by atoms with van der Waals surface area (Å²) in [6.07, 6.45) is 6.89. The molecule has 14 heavy (non-hydrogen) atoms. The van der Waals surface area contributed by atoms with E-state index < -0.39 is 6.10 Å². The third kappa shape index (κ3) is 1.82. The molecule has 0 saturated heterocycles. The van der Waals surface area contributed by atoms with Gasteiger partial charge in [0.15, 0.2) is 0 Å². The number of aryl methyl sites for hydroxylation is 1. The zero-order valence-electron chi connectivity index (χ0n) is 7.88. The Morgan fingerprint density at radius 1 is 1.64 bits per heavy atom. The van der Waals surface area contributed by atoms with Crippen LogP contribution in [0.2, 0.25) is 0 Å². The summed E-state index contributed by atoms with van der Waals surface area (Å²) < 4.78 is 1.71. The fraction of sp³-hybridized carbons (Fsp3) is 0.333. The summed E-state index contributed by atoms with van der Waals surface area (Å²) in [6, 6.07) is 0. The minimum absolute atomic E-state index is 0.529. The maximum absolute atomic E-state index is 9.74. The molecule has 5 heteroatoms. The first kappa shape index (κ1) is 8.96. The lowest BCUT2D eigenvalue weighted by Crippen LogP contribution is -2.03. The first-order chi connectivity index (χ1) is 6.75. The molecule has 5 nitrogen and oxygen atoms in total. The molecule has 0 amide bonds. The zero-order chi connectivity index (χ0) is 9.97. The van der Waals surface area contributed by atoms with Gasteiger partial charge in [-0.05, 0) is 5.56 Å². The van der Waals surface area contributed by atoms with Gasteiger partial charge in [0.25, 0.3) is 0 Å². The molecule has 74 valence electrons. The molecule has 0 aliphatic rings. The van der Waals surface area contributed by atoms with E-state index in [1.807, 2.05) is 13.2 Å². The summed E-state index contributed by atoms with van der Waals surface area (Å²) in [5, 5.41) is 13.8. The number of rotatable bonds is 3. The Bertz CT molecular complexity index is 393. The molecular weight excluding hydrogens is 180 g/mol. The van der Waals surface area contributed by atoms with E-state index in [4.69, 9.17) is 0 Å². The van der Waals surface area contributed by atoms with E-state index >= 15 is 0 Å². The van der Waals surface area contributed by atoms with Crippen molar-refractivity contribution in [2.45, 2.75) is 12.5 Å². The lowest BCUT2D eigenvalue weighted by molar-refractivity contribution is 0.169. The second kappa shape index (κ2) is 3.63. The van der Waals surface area contributed by atoms with Gasteiger partial charge in [0.1, 0.15) is 11.9 Å². The van der Waals surface area contributed by atoms with E-state index in [0.717, 1.165) is 5.56 Å². The predicted molar refractivity (Wildman–Crippen MR) is 50.5 cm³/mol. The normalized spacial score (nSPS) is 13.0. The van der Waals surface area contributed by atoms with Crippen LogP contribution in [-0.4, -0.2) is 24.9 Å². The van der Waals surface area contributed by atoms with Crippen molar-refractivity contribution >= 4 is 0 Å². The lowest BCUT2D eigenvalue weighted by atomic mass is 10.1. The molecule has 2 aromatic rings. The van der Waals surface area contributed by atoms with Crippen molar-refractivity contribution < 1.29 is 5.11 Å². The fourth-order valence-electron chi connectivity index (χ4n) is 1.36. The molecule has 0 spiro atoms. The zero-order valence-corrected chi connectivity index (χ0v) is 7.88. The third-order valence-corrected chi connectivity index (χ3v) is 2.02. The number of H-pyrrole nitrogens is 1. The molecule has 0 radical (unpaired) electrons. The molecule has 2 N–H and O–H groups in total. The van der Waals surface area contributed by atoms with Crippen molar-refractivity contribution in [2.24, 2.45) is 7.05 Å². The van der Waals surface area contributed by atoms with Crippen molar-refractivity contribution in [3.05, 3.63) is 36.2 Å². The van der Waals surface area contributed by atoms with Crippen molar-refractivity contribution in [2.75, 3.05) is 0 Å². The van der Waals surface area contributed by atoms with Crippen molar-refractivity contribution in [1.29, 1.82) is 0 Å². The monoisotopic (exact) mass is 192 g/mol. The van der Waals surface area contributed by atoms with E-state index in [9.17, 15) is 5.11 Å². The Hall–Kier alpha value is -1.62. The van der Waals surface area contributed by atoms with Gasteiger partial charge in [0.2, 0.25) is 0 Å². The van der Waals surface area contributed by atoms with Gasteiger partial charge in [0.05, 0.1) is 6.20 Å². The SMILES string of the molecule is Cn1cc(CC(O)c2ncc[nH]2)cn1. The predicted octanol–water partition coefficient (Wildman–Crippen LogP) is 0.419. The van der Waals surface area contributed by atoms with E-state index in [2.05, 4.69) is 15.1 Å². The van der Waals surface area contributed by atoms with Gasteiger partial charge in [-0.3, -0.25) is 4.68 Å². The second-order valence-corrected chi connectivity index (χ2v) is 3.22. The van der Waals surface area contributed by atoms with Gasteiger partial charge >= 0.3 is 0 Å². The van der Waals surface area contributed by atoms with Crippen LogP contribution in [0.5, 0.6) is 0 Å². The molecule has 0 fully saturated rings. The van der Waals surface area contributed by atoms with Gasteiger partial charge in [0, 0.05) is 32.1 Å². The van der Waals surface area contributed by atoms with E-state index in [0.29, 0.717) is 12.2 Å². The molecule has 0 aliphatic carbocycles. The maximum Gasteiger partial charge on any atom is 0.135 e. The molecule has 0 saturated carbocycles.